The molecule has 0 spiro atoms. The average molecular weight is 383 g/mol. The molecule has 3 N–H and O–H groups in total. The third-order valence-electron chi connectivity index (χ3n) is 5.37. The fourth-order valence-electron chi connectivity index (χ4n) is 3.67. The zero-order valence-electron chi connectivity index (χ0n) is 16.7. The lowest BCUT2D eigenvalue weighted by Gasteiger charge is -2.30. The van der Waals surface area contributed by atoms with Crippen molar-refractivity contribution in [3.63, 3.8) is 0 Å². The van der Waals surface area contributed by atoms with Crippen LogP contribution in [0.4, 0.5) is 5.82 Å². The van der Waals surface area contributed by atoms with Gasteiger partial charge in [0.2, 0.25) is 0 Å². The van der Waals surface area contributed by atoms with Crippen molar-refractivity contribution in [3.8, 4) is 5.69 Å². The first-order chi connectivity index (χ1) is 13.5. The molecule has 1 saturated carbocycles. The van der Waals surface area contributed by atoms with Crippen LogP contribution in [0.15, 0.2) is 48.7 Å². The Balaban J connectivity index is 1.81. The van der Waals surface area contributed by atoms with E-state index in [1.165, 1.54) is 0 Å². The van der Waals surface area contributed by atoms with Crippen LogP contribution in [0.1, 0.15) is 49.9 Å². The number of aromatic nitrogens is 2. The van der Waals surface area contributed by atoms with E-state index in [-0.39, 0.29) is 11.9 Å². The van der Waals surface area contributed by atoms with Gasteiger partial charge in [-0.2, -0.15) is 5.10 Å². The van der Waals surface area contributed by atoms with Crippen molar-refractivity contribution < 1.29 is 9.90 Å². The van der Waals surface area contributed by atoms with Crippen molar-refractivity contribution in [1.29, 1.82) is 0 Å². The van der Waals surface area contributed by atoms with Gasteiger partial charge in [0.15, 0.2) is 0 Å². The van der Waals surface area contributed by atoms with Gasteiger partial charge in [-0.15, -0.1) is 0 Å². The Kier molecular flexibility index (Phi) is 6.52. The highest BCUT2D eigenvalue weighted by molar-refractivity contribution is 5.99. The van der Waals surface area contributed by atoms with Crippen LogP contribution in [0.3, 0.4) is 0 Å². The molecule has 1 aromatic carbocycles. The molecule has 28 heavy (non-hydrogen) atoms. The molecular weight excluding hydrogens is 352 g/mol. The molecule has 1 aliphatic carbocycles. The molecule has 3 rings (SSSR count). The summed E-state index contributed by atoms with van der Waals surface area (Å²) in [5, 5.41) is 20.4. The number of amides is 1. The van der Waals surface area contributed by atoms with E-state index in [2.05, 4.69) is 29.2 Å². The standard InChI is InChI=1S/C22H30N4O2/c1-4-17-10-11-20(15(2)12-17)25-22(28)19-14-24-26(18-8-6-5-7-9-18)21(19)23-13-16(3)27/h5-9,14,16-17,20,23,27H,2,4,10-13H2,1,3H3,(H,25,28). The van der Waals surface area contributed by atoms with E-state index >= 15 is 0 Å². The highest BCUT2D eigenvalue weighted by Gasteiger charge is 2.27. The molecule has 3 unspecified atom stereocenters. The van der Waals surface area contributed by atoms with E-state index < -0.39 is 6.10 Å². The average Bonchev–Trinajstić information content (AvgIpc) is 3.12. The maximum atomic E-state index is 13.0. The van der Waals surface area contributed by atoms with E-state index in [0.29, 0.717) is 23.8 Å². The first-order valence-electron chi connectivity index (χ1n) is 10.0. The molecule has 0 saturated heterocycles. The van der Waals surface area contributed by atoms with Crippen LogP contribution in [-0.4, -0.2) is 39.5 Å². The highest BCUT2D eigenvalue weighted by atomic mass is 16.3. The van der Waals surface area contributed by atoms with Gasteiger partial charge in [-0.25, -0.2) is 4.68 Å². The first kappa shape index (κ1) is 20.1. The van der Waals surface area contributed by atoms with Gasteiger partial charge in [0.25, 0.3) is 5.91 Å². The third-order valence-corrected chi connectivity index (χ3v) is 5.37. The monoisotopic (exact) mass is 382 g/mol. The predicted octanol–water partition coefficient (Wildman–Crippen LogP) is 3.53. The Morgan fingerprint density at radius 3 is 2.75 bits per heavy atom. The maximum Gasteiger partial charge on any atom is 0.257 e. The van der Waals surface area contributed by atoms with E-state index in [4.69, 9.17) is 0 Å². The van der Waals surface area contributed by atoms with Gasteiger partial charge in [-0.05, 0) is 44.2 Å². The Labute approximate surface area is 166 Å². The molecule has 1 amide bonds. The minimum atomic E-state index is -0.542. The summed E-state index contributed by atoms with van der Waals surface area (Å²) in [5.41, 5.74) is 2.41. The normalized spacial score (nSPS) is 20.6. The van der Waals surface area contributed by atoms with E-state index in [9.17, 15) is 9.90 Å². The van der Waals surface area contributed by atoms with Crippen molar-refractivity contribution in [2.45, 2.75) is 51.7 Å². The second kappa shape index (κ2) is 9.06. The molecule has 0 aliphatic heterocycles. The summed E-state index contributed by atoms with van der Waals surface area (Å²) in [4.78, 5) is 13.0. The lowest BCUT2D eigenvalue weighted by Crippen LogP contribution is -2.39. The summed E-state index contributed by atoms with van der Waals surface area (Å²) in [5.74, 6) is 1.08. The molecule has 1 fully saturated rings. The van der Waals surface area contributed by atoms with Crippen LogP contribution in [0.5, 0.6) is 0 Å². The molecule has 1 heterocycles. The summed E-state index contributed by atoms with van der Waals surface area (Å²) < 4.78 is 1.69. The predicted molar refractivity (Wildman–Crippen MR) is 112 cm³/mol. The number of para-hydroxylation sites is 1. The van der Waals surface area contributed by atoms with Gasteiger partial charge in [-0.3, -0.25) is 4.79 Å². The van der Waals surface area contributed by atoms with Crippen LogP contribution in [0, 0.1) is 5.92 Å². The number of aliphatic hydroxyl groups excluding tert-OH is 1. The molecule has 0 bridgehead atoms. The van der Waals surface area contributed by atoms with Crippen molar-refractivity contribution in [3.05, 3.63) is 54.2 Å². The van der Waals surface area contributed by atoms with Crippen LogP contribution in [0.25, 0.3) is 5.69 Å². The first-order valence-corrected chi connectivity index (χ1v) is 10.0. The largest absolute Gasteiger partial charge is 0.392 e. The second-order valence-corrected chi connectivity index (χ2v) is 7.62. The summed E-state index contributed by atoms with van der Waals surface area (Å²) >= 11 is 0. The topological polar surface area (TPSA) is 79.2 Å². The minimum absolute atomic E-state index is 0.00000861. The van der Waals surface area contributed by atoms with Gasteiger partial charge in [0.05, 0.1) is 24.0 Å². The van der Waals surface area contributed by atoms with Crippen LogP contribution in [-0.2, 0) is 0 Å². The third kappa shape index (κ3) is 4.62. The van der Waals surface area contributed by atoms with Gasteiger partial charge in [0, 0.05) is 6.54 Å². The number of hydrogen-bond donors (Lipinski definition) is 3. The maximum absolute atomic E-state index is 13.0. The molecule has 1 aliphatic rings. The van der Waals surface area contributed by atoms with Gasteiger partial charge < -0.3 is 15.7 Å². The summed E-state index contributed by atoms with van der Waals surface area (Å²) in [6.45, 7) is 8.42. The smallest absolute Gasteiger partial charge is 0.257 e. The zero-order valence-corrected chi connectivity index (χ0v) is 16.7. The van der Waals surface area contributed by atoms with Crippen molar-refractivity contribution in [2.75, 3.05) is 11.9 Å². The number of anilines is 1. The number of aliphatic hydroxyl groups is 1. The lowest BCUT2D eigenvalue weighted by atomic mass is 9.81. The quantitative estimate of drug-likeness (QED) is 0.640. The summed E-state index contributed by atoms with van der Waals surface area (Å²) in [6.07, 6.45) is 5.18. The number of rotatable bonds is 7. The summed E-state index contributed by atoms with van der Waals surface area (Å²) in [6, 6.07) is 9.63. The Morgan fingerprint density at radius 2 is 2.11 bits per heavy atom. The molecular formula is C22H30N4O2. The molecule has 2 aromatic rings. The number of benzene rings is 1. The van der Waals surface area contributed by atoms with E-state index in [0.717, 1.165) is 36.9 Å². The summed E-state index contributed by atoms with van der Waals surface area (Å²) in [7, 11) is 0. The van der Waals surface area contributed by atoms with E-state index in [1.807, 2.05) is 30.3 Å². The SMILES string of the molecule is C=C1CC(CC)CCC1NC(=O)c1cnn(-c2ccccc2)c1NCC(C)O. The molecule has 1 aromatic heterocycles. The number of hydrogen-bond acceptors (Lipinski definition) is 4. The van der Waals surface area contributed by atoms with Crippen molar-refractivity contribution >= 4 is 11.7 Å². The number of nitrogens with one attached hydrogen (secondary N) is 2. The van der Waals surface area contributed by atoms with Gasteiger partial charge in [0.1, 0.15) is 11.4 Å². The Hall–Kier alpha value is -2.60. The number of carbonyl (C=O) groups excluding carboxylic acids is 1. The highest BCUT2D eigenvalue weighted by Crippen LogP contribution is 2.30. The van der Waals surface area contributed by atoms with Crippen molar-refractivity contribution in [1.82, 2.24) is 15.1 Å². The molecule has 150 valence electrons. The second-order valence-electron chi connectivity index (χ2n) is 7.62. The van der Waals surface area contributed by atoms with Crippen LogP contribution >= 0.6 is 0 Å². The minimum Gasteiger partial charge on any atom is -0.392 e. The molecule has 3 atom stereocenters. The zero-order chi connectivity index (χ0) is 20.1. The van der Waals surface area contributed by atoms with Crippen LogP contribution in [0.2, 0.25) is 0 Å². The van der Waals surface area contributed by atoms with Gasteiger partial charge in [-0.1, -0.05) is 43.7 Å². The molecule has 6 heteroatoms. The van der Waals surface area contributed by atoms with Gasteiger partial charge >= 0.3 is 0 Å². The molecule has 0 radical (unpaired) electrons. The fourth-order valence-corrected chi connectivity index (χ4v) is 3.67. The van der Waals surface area contributed by atoms with Crippen LogP contribution < -0.4 is 10.6 Å². The number of carbonyl (C=O) groups is 1. The molecule has 6 nitrogen and oxygen atoms in total. The Bertz CT molecular complexity index is 813. The number of nitrogens with zero attached hydrogens (tertiary/aromatic N) is 2. The van der Waals surface area contributed by atoms with E-state index in [1.54, 1.807) is 17.8 Å². The van der Waals surface area contributed by atoms with Crippen molar-refractivity contribution in [2.24, 2.45) is 5.92 Å². The lowest BCUT2D eigenvalue weighted by molar-refractivity contribution is 0.0935. The Morgan fingerprint density at radius 1 is 1.36 bits per heavy atom. The fraction of sp³-hybridized carbons (Fsp3) is 0.455.